The Labute approximate surface area is 126 Å². The maximum Gasteiger partial charge on any atom is 0.123 e. The lowest BCUT2D eigenvalue weighted by molar-refractivity contribution is 0.371. The molecule has 21 heavy (non-hydrogen) atoms. The Balaban J connectivity index is 1.96. The molecule has 2 aromatic rings. The molecule has 0 aromatic heterocycles. The van der Waals surface area contributed by atoms with Gasteiger partial charge >= 0.3 is 0 Å². The molecule has 0 fully saturated rings. The van der Waals surface area contributed by atoms with Gasteiger partial charge in [0.25, 0.3) is 0 Å². The minimum atomic E-state index is 0.749. The predicted molar refractivity (Wildman–Crippen MR) is 87.3 cm³/mol. The minimum absolute atomic E-state index is 0.749. The Morgan fingerprint density at radius 2 is 1.81 bits per heavy atom. The molecule has 0 unspecified atom stereocenters. The van der Waals surface area contributed by atoms with Crippen LogP contribution in [-0.4, -0.2) is 26.1 Å². The van der Waals surface area contributed by atoms with Crippen molar-refractivity contribution in [3.63, 3.8) is 0 Å². The standard InChI is InChI=1S/C17H23N3O/c1-20(2)13-15-11-14(9-10-17(15)21-3)12-18-19-16-7-5-4-6-8-16/h4-11,18-19H,12-13H2,1-3H3. The fourth-order valence-electron chi connectivity index (χ4n) is 2.18. The first-order chi connectivity index (χ1) is 10.2. The number of nitrogens with zero attached hydrogens (tertiary/aromatic N) is 1. The Morgan fingerprint density at radius 3 is 2.48 bits per heavy atom. The molecule has 0 saturated heterocycles. The van der Waals surface area contributed by atoms with Crippen LogP contribution in [0, 0.1) is 0 Å². The lowest BCUT2D eigenvalue weighted by Gasteiger charge is -2.15. The zero-order valence-corrected chi connectivity index (χ0v) is 12.9. The van der Waals surface area contributed by atoms with Gasteiger partial charge in [-0.05, 0) is 43.9 Å². The molecular formula is C17H23N3O. The SMILES string of the molecule is COc1ccc(CNNc2ccccc2)cc1CN(C)C. The highest BCUT2D eigenvalue weighted by atomic mass is 16.5. The molecule has 112 valence electrons. The van der Waals surface area contributed by atoms with Gasteiger partial charge in [-0.25, -0.2) is 5.43 Å². The van der Waals surface area contributed by atoms with E-state index in [4.69, 9.17) is 4.74 Å². The van der Waals surface area contributed by atoms with Gasteiger partial charge in [-0.3, -0.25) is 0 Å². The van der Waals surface area contributed by atoms with Gasteiger partial charge in [0.15, 0.2) is 0 Å². The number of rotatable bonds is 7. The number of anilines is 1. The molecule has 0 spiro atoms. The zero-order valence-electron chi connectivity index (χ0n) is 12.9. The zero-order chi connectivity index (χ0) is 15.1. The van der Waals surface area contributed by atoms with E-state index in [0.717, 1.165) is 24.5 Å². The molecule has 2 aromatic carbocycles. The second-order valence-electron chi connectivity index (χ2n) is 5.23. The van der Waals surface area contributed by atoms with E-state index in [1.165, 1.54) is 11.1 Å². The number of hydrazine groups is 1. The maximum absolute atomic E-state index is 5.41. The van der Waals surface area contributed by atoms with Crippen molar-refractivity contribution in [1.29, 1.82) is 0 Å². The van der Waals surface area contributed by atoms with E-state index in [1.54, 1.807) is 7.11 Å². The summed E-state index contributed by atoms with van der Waals surface area (Å²) in [5.41, 5.74) is 9.89. The maximum atomic E-state index is 5.41. The Morgan fingerprint density at radius 1 is 1.05 bits per heavy atom. The highest BCUT2D eigenvalue weighted by Crippen LogP contribution is 2.21. The summed E-state index contributed by atoms with van der Waals surface area (Å²) in [4.78, 5) is 2.14. The van der Waals surface area contributed by atoms with Crippen molar-refractivity contribution < 1.29 is 4.74 Å². The molecule has 0 saturated carbocycles. The third-order valence-electron chi connectivity index (χ3n) is 3.13. The number of para-hydroxylation sites is 1. The molecule has 0 bridgehead atoms. The fourth-order valence-corrected chi connectivity index (χ4v) is 2.18. The van der Waals surface area contributed by atoms with Gasteiger partial charge in [0.1, 0.15) is 5.75 Å². The van der Waals surface area contributed by atoms with E-state index in [9.17, 15) is 0 Å². The molecule has 0 aliphatic heterocycles. The summed E-state index contributed by atoms with van der Waals surface area (Å²) in [5.74, 6) is 0.934. The fraction of sp³-hybridized carbons (Fsp3) is 0.294. The van der Waals surface area contributed by atoms with Gasteiger partial charge in [0, 0.05) is 24.3 Å². The van der Waals surface area contributed by atoms with Crippen LogP contribution in [0.15, 0.2) is 48.5 Å². The van der Waals surface area contributed by atoms with Gasteiger partial charge in [-0.1, -0.05) is 24.3 Å². The van der Waals surface area contributed by atoms with Crippen LogP contribution in [0.4, 0.5) is 5.69 Å². The normalized spacial score (nSPS) is 10.7. The third kappa shape index (κ3) is 4.77. The second kappa shape index (κ2) is 7.67. The van der Waals surface area contributed by atoms with Gasteiger partial charge in [0.05, 0.1) is 7.11 Å². The van der Waals surface area contributed by atoms with Gasteiger partial charge in [-0.2, -0.15) is 0 Å². The van der Waals surface area contributed by atoms with Crippen molar-refractivity contribution in [3.05, 3.63) is 59.7 Å². The van der Waals surface area contributed by atoms with E-state index in [-0.39, 0.29) is 0 Å². The summed E-state index contributed by atoms with van der Waals surface area (Å²) in [6, 6.07) is 16.4. The summed E-state index contributed by atoms with van der Waals surface area (Å²) >= 11 is 0. The lowest BCUT2D eigenvalue weighted by atomic mass is 10.1. The number of ether oxygens (including phenoxy) is 1. The minimum Gasteiger partial charge on any atom is -0.496 e. The van der Waals surface area contributed by atoms with E-state index < -0.39 is 0 Å². The summed E-state index contributed by atoms with van der Waals surface area (Å²) in [6.07, 6.45) is 0. The first-order valence-corrected chi connectivity index (χ1v) is 7.03. The Bertz CT molecular complexity index is 555. The molecule has 4 heteroatoms. The Kier molecular flexibility index (Phi) is 5.60. The monoisotopic (exact) mass is 285 g/mol. The van der Waals surface area contributed by atoms with Gasteiger partial charge in [-0.15, -0.1) is 0 Å². The molecule has 0 aliphatic carbocycles. The molecule has 0 aliphatic rings. The predicted octanol–water partition coefficient (Wildman–Crippen LogP) is 2.87. The summed E-state index contributed by atoms with van der Waals surface area (Å²) < 4.78 is 5.41. The number of nitrogens with one attached hydrogen (secondary N) is 2. The quantitative estimate of drug-likeness (QED) is 0.767. The van der Waals surface area contributed by atoms with Crippen LogP contribution >= 0.6 is 0 Å². The molecule has 0 heterocycles. The van der Waals surface area contributed by atoms with Crippen molar-refractivity contribution in [1.82, 2.24) is 10.3 Å². The Hall–Kier alpha value is -2.04. The number of hydrogen-bond acceptors (Lipinski definition) is 4. The van der Waals surface area contributed by atoms with Crippen molar-refractivity contribution >= 4 is 5.69 Å². The van der Waals surface area contributed by atoms with Crippen LogP contribution < -0.4 is 15.6 Å². The van der Waals surface area contributed by atoms with Crippen molar-refractivity contribution in [2.75, 3.05) is 26.6 Å². The molecule has 4 nitrogen and oxygen atoms in total. The number of methoxy groups -OCH3 is 1. The lowest BCUT2D eigenvalue weighted by Crippen LogP contribution is -2.21. The number of benzene rings is 2. The largest absolute Gasteiger partial charge is 0.496 e. The molecule has 0 radical (unpaired) electrons. The summed E-state index contributed by atoms with van der Waals surface area (Å²) in [6.45, 7) is 1.61. The molecule has 0 amide bonds. The van der Waals surface area contributed by atoms with E-state index in [0.29, 0.717) is 0 Å². The van der Waals surface area contributed by atoms with Crippen LogP contribution in [0.25, 0.3) is 0 Å². The average Bonchev–Trinajstić information content (AvgIpc) is 2.48. The molecule has 0 atom stereocenters. The van der Waals surface area contributed by atoms with E-state index >= 15 is 0 Å². The van der Waals surface area contributed by atoms with Crippen LogP contribution in [0.1, 0.15) is 11.1 Å². The first kappa shape index (κ1) is 15.4. The van der Waals surface area contributed by atoms with Crippen LogP contribution in [0.3, 0.4) is 0 Å². The van der Waals surface area contributed by atoms with E-state index in [1.807, 2.05) is 36.4 Å². The highest BCUT2D eigenvalue weighted by Gasteiger charge is 2.05. The van der Waals surface area contributed by atoms with Gasteiger partial charge < -0.3 is 15.1 Å². The van der Waals surface area contributed by atoms with Crippen molar-refractivity contribution in [2.24, 2.45) is 0 Å². The van der Waals surface area contributed by atoms with Crippen molar-refractivity contribution in [2.45, 2.75) is 13.1 Å². The highest BCUT2D eigenvalue weighted by molar-refractivity contribution is 5.41. The molecule has 2 N–H and O–H groups in total. The smallest absolute Gasteiger partial charge is 0.123 e. The third-order valence-corrected chi connectivity index (χ3v) is 3.13. The van der Waals surface area contributed by atoms with Crippen molar-refractivity contribution in [3.8, 4) is 5.75 Å². The molecular weight excluding hydrogens is 262 g/mol. The van der Waals surface area contributed by atoms with Gasteiger partial charge in [0.2, 0.25) is 0 Å². The first-order valence-electron chi connectivity index (χ1n) is 7.03. The second-order valence-corrected chi connectivity index (χ2v) is 5.23. The number of hydrogen-bond donors (Lipinski definition) is 2. The topological polar surface area (TPSA) is 36.5 Å². The van der Waals surface area contributed by atoms with Crippen LogP contribution in [0.5, 0.6) is 5.75 Å². The van der Waals surface area contributed by atoms with E-state index in [2.05, 4.69) is 42.0 Å². The molecule has 2 rings (SSSR count). The summed E-state index contributed by atoms with van der Waals surface area (Å²) in [5, 5.41) is 0. The van der Waals surface area contributed by atoms with Crippen LogP contribution in [-0.2, 0) is 13.1 Å². The average molecular weight is 285 g/mol. The summed E-state index contributed by atoms with van der Waals surface area (Å²) in [7, 11) is 5.83. The van der Waals surface area contributed by atoms with Crippen LogP contribution in [0.2, 0.25) is 0 Å².